The third kappa shape index (κ3) is 4.47. The minimum Gasteiger partial charge on any atom is -0.490 e. The summed E-state index contributed by atoms with van der Waals surface area (Å²) in [6.07, 6.45) is 4.21. The van der Waals surface area contributed by atoms with E-state index in [-0.39, 0.29) is 6.61 Å². The van der Waals surface area contributed by atoms with Crippen LogP contribution in [0.3, 0.4) is 0 Å². The molecule has 0 radical (unpaired) electrons. The molecule has 1 aliphatic carbocycles. The summed E-state index contributed by atoms with van der Waals surface area (Å²) in [4.78, 5) is 11.6. The first-order valence-electron chi connectivity index (χ1n) is 9.77. The zero-order valence-electron chi connectivity index (χ0n) is 16.7. The topological polar surface area (TPSA) is 54.0 Å². The molecule has 28 heavy (non-hydrogen) atoms. The van der Waals surface area contributed by atoms with Gasteiger partial charge in [0.15, 0.2) is 0 Å². The molecule has 0 N–H and O–H groups in total. The van der Waals surface area contributed by atoms with E-state index in [1.165, 1.54) is 11.1 Å². The number of rotatable bonds is 9. The molecular formula is C23H28O5. The molecule has 2 aromatic rings. The molecule has 0 heterocycles. The van der Waals surface area contributed by atoms with Gasteiger partial charge in [-0.1, -0.05) is 30.8 Å². The van der Waals surface area contributed by atoms with Crippen LogP contribution in [0, 0.1) is 0 Å². The average Bonchev–Trinajstić information content (AvgIpc) is 2.71. The summed E-state index contributed by atoms with van der Waals surface area (Å²) in [5.74, 6) is 1.44. The summed E-state index contributed by atoms with van der Waals surface area (Å²) in [5, 5.41) is 2.08. The predicted octanol–water partition coefficient (Wildman–Crippen LogP) is 4.24. The monoisotopic (exact) mass is 384 g/mol. The van der Waals surface area contributed by atoms with E-state index in [0.717, 1.165) is 48.0 Å². The van der Waals surface area contributed by atoms with E-state index in [1.807, 2.05) is 12.1 Å². The van der Waals surface area contributed by atoms with Gasteiger partial charge in [0, 0.05) is 34.6 Å². The normalized spacial score (nSPS) is 13.1. The molecule has 0 aliphatic heterocycles. The molecule has 5 nitrogen and oxygen atoms in total. The van der Waals surface area contributed by atoms with Gasteiger partial charge in [0.1, 0.15) is 31.3 Å². The van der Waals surface area contributed by atoms with E-state index < -0.39 is 5.97 Å². The van der Waals surface area contributed by atoms with Gasteiger partial charge >= 0.3 is 5.97 Å². The number of hydrogen-bond acceptors (Lipinski definition) is 5. The van der Waals surface area contributed by atoms with Crippen molar-refractivity contribution in [2.75, 3.05) is 33.5 Å². The minimum atomic E-state index is -0.391. The van der Waals surface area contributed by atoms with Crippen molar-refractivity contribution < 1.29 is 23.7 Å². The van der Waals surface area contributed by atoms with Crippen LogP contribution in [0.2, 0.25) is 0 Å². The highest BCUT2D eigenvalue weighted by atomic mass is 16.6. The van der Waals surface area contributed by atoms with Crippen LogP contribution >= 0.6 is 0 Å². The van der Waals surface area contributed by atoms with E-state index in [9.17, 15) is 4.79 Å². The summed E-state index contributed by atoms with van der Waals surface area (Å²) in [7, 11) is 1.68. The van der Waals surface area contributed by atoms with Crippen molar-refractivity contribution in [3.63, 3.8) is 0 Å². The fraction of sp³-hybridized carbons (Fsp3) is 0.435. The largest absolute Gasteiger partial charge is 0.490 e. The van der Waals surface area contributed by atoms with Crippen LogP contribution < -0.4 is 9.47 Å². The fourth-order valence-corrected chi connectivity index (χ4v) is 3.57. The highest BCUT2D eigenvalue weighted by molar-refractivity contribution is 5.96. The molecule has 2 aromatic carbocycles. The second-order valence-corrected chi connectivity index (χ2v) is 6.97. The number of carbonyl (C=O) groups is 1. The van der Waals surface area contributed by atoms with Crippen molar-refractivity contribution in [2.45, 2.75) is 32.6 Å². The first-order valence-corrected chi connectivity index (χ1v) is 9.77. The molecule has 150 valence electrons. The Bertz CT molecular complexity index is 856. The Balaban J connectivity index is 1.90. The van der Waals surface area contributed by atoms with Gasteiger partial charge in [0.05, 0.1) is 6.61 Å². The van der Waals surface area contributed by atoms with Crippen LogP contribution in [0.5, 0.6) is 11.5 Å². The van der Waals surface area contributed by atoms with E-state index in [0.29, 0.717) is 25.4 Å². The lowest BCUT2D eigenvalue weighted by atomic mass is 9.87. The molecule has 0 amide bonds. The van der Waals surface area contributed by atoms with Crippen LogP contribution in [-0.2, 0) is 27.1 Å². The molecule has 0 spiro atoms. The Hall–Kier alpha value is -2.53. The molecule has 3 rings (SSSR count). The van der Waals surface area contributed by atoms with E-state index >= 15 is 0 Å². The smallest absolute Gasteiger partial charge is 0.333 e. The molecule has 0 saturated carbocycles. The van der Waals surface area contributed by atoms with Crippen molar-refractivity contribution in [1.82, 2.24) is 0 Å². The number of benzene rings is 2. The number of ether oxygens (including phenoxy) is 4. The molecule has 5 heteroatoms. The van der Waals surface area contributed by atoms with Crippen LogP contribution in [0.15, 0.2) is 36.4 Å². The zero-order valence-corrected chi connectivity index (χ0v) is 16.7. The number of fused-ring (bicyclic) bond motifs is 2. The molecule has 0 atom stereocenters. The Kier molecular flexibility index (Phi) is 6.93. The lowest BCUT2D eigenvalue weighted by Gasteiger charge is -2.25. The van der Waals surface area contributed by atoms with Crippen molar-refractivity contribution >= 4 is 16.7 Å². The maximum atomic E-state index is 11.6. The van der Waals surface area contributed by atoms with Gasteiger partial charge in [-0.2, -0.15) is 0 Å². The molecule has 1 aliphatic rings. The second kappa shape index (κ2) is 9.60. The highest BCUT2D eigenvalue weighted by Crippen LogP contribution is 2.44. The highest BCUT2D eigenvalue weighted by Gasteiger charge is 2.23. The number of esters is 1. The fourth-order valence-electron chi connectivity index (χ4n) is 3.57. The van der Waals surface area contributed by atoms with E-state index in [2.05, 4.69) is 18.7 Å². The summed E-state index contributed by atoms with van der Waals surface area (Å²) < 4.78 is 22.6. The van der Waals surface area contributed by atoms with Gasteiger partial charge < -0.3 is 18.9 Å². The SMILES string of the molecule is C=C(C)C(=O)OCCOc1c2c(c(OCCOC)c3ccccc13)CCCC2. The van der Waals surface area contributed by atoms with Crippen LogP contribution in [-0.4, -0.2) is 39.5 Å². The lowest BCUT2D eigenvalue weighted by Crippen LogP contribution is -2.15. The summed E-state index contributed by atoms with van der Waals surface area (Å²) in [6, 6.07) is 8.15. The van der Waals surface area contributed by atoms with Gasteiger partial charge in [0.25, 0.3) is 0 Å². The Morgan fingerprint density at radius 3 is 1.96 bits per heavy atom. The Morgan fingerprint density at radius 2 is 1.46 bits per heavy atom. The predicted molar refractivity (Wildman–Crippen MR) is 109 cm³/mol. The van der Waals surface area contributed by atoms with E-state index in [4.69, 9.17) is 18.9 Å². The molecular weight excluding hydrogens is 356 g/mol. The van der Waals surface area contributed by atoms with Gasteiger partial charge in [-0.3, -0.25) is 0 Å². The second-order valence-electron chi connectivity index (χ2n) is 6.97. The van der Waals surface area contributed by atoms with Crippen molar-refractivity contribution in [3.05, 3.63) is 47.5 Å². The number of carbonyl (C=O) groups excluding carboxylic acids is 1. The van der Waals surface area contributed by atoms with Crippen molar-refractivity contribution in [3.8, 4) is 11.5 Å². The molecule has 0 bridgehead atoms. The summed E-state index contributed by atoms with van der Waals surface area (Å²) in [5.41, 5.74) is 2.83. The molecule has 0 fully saturated rings. The van der Waals surface area contributed by atoms with Crippen LogP contribution in [0.4, 0.5) is 0 Å². The first-order chi connectivity index (χ1) is 13.6. The zero-order chi connectivity index (χ0) is 19.9. The maximum absolute atomic E-state index is 11.6. The summed E-state index contributed by atoms with van der Waals surface area (Å²) in [6.45, 7) is 6.80. The standard InChI is InChI=1S/C23H28O5/c1-16(2)23(24)28-15-14-27-22-19-10-6-4-8-17(19)21(26-13-12-25-3)18-9-5-7-11-20(18)22/h4,6,8,10H,1,5,7,9,11-15H2,2-3H3. The third-order valence-corrected chi connectivity index (χ3v) is 4.88. The van der Waals surface area contributed by atoms with Crippen LogP contribution in [0.25, 0.3) is 10.8 Å². The number of hydrogen-bond donors (Lipinski definition) is 0. The number of methoxy groups -OCH3 is 1. The van der Waals surface area contributed by atoms with E-state index in [1.54, 1.807) is 14.0 Å². The molecule has 0 aromatic heterocycles. The Morgan fingerprint density at radius 1 is 0.929 bits per heavy atom. The third-order valence-electron chi connectivity index (χ3n) is 4.88. The lowest BCUT2D eigenvalue weighted by molar-refractivity contribution is -0.139. The van der Waals surface area contributed by atoms with Crippen LogP contribution in [0.1, 0.15) is 30.9 Å². The minimum absolute atomic E-state index is 0.195. The first kappa shape index (κ1) is 20.2. The Labute approximate surface area is 166 Å². The van der Waals surface area contributed by atoms with Gasteiger partial charge in [0.2, 0.25) is 0 Å². The average molecular weight is 384 g/mol. The molecule has 0 unspecified atom stereocenters. The maximum Gasteiger partial charge on any atom is 0.333 e. The summed E-state index contributed by atoms with van der Waals surface area (Å²) >= 11 is 0. The quantitative estimate of drug-likeness (QED) is 0.368. The van der Waals surface area contributed by atoms with Gasteiger partial charge in [-0.25, -0.2) is 4.79 Å². The van der Waals surface area contributed by atoms with Gasteiger partial charge in [-0.15, -0.1) is 0 Å². The van der Waals surface area contributed by atoms with Crippen molar-refractivity contribution in [2.24, 2.45) is 0 Å². The molecule has 0 saturated heterocycles. The van der Waals surface area contributed by atoms with Crippen molar-refractivity contribution in [1.29, 1.82) is 0 Å². The van der Waals surface area contributed by atoms with Gasteiger partial charge in [-0.05, 0) is 32.6 Å².